The maximum atomic E-state index is 5.44. The average Bonchev–Trinajstić information content (AvgIpc) is 3.10. The van der Waals surface area contributed by atoms with Gasteiger partial charge in [-0.05, 0) is 51.8 Å². The van der Waals surface area contributed by atoms with Crippen LogP contribution in [0.5, 0.6) is 0 Å². The van der Waals surface area contributed by atoms with Crippen LogP contribution >= 0.6 is 15.9 Å². The van der Waals surface area contributed by atoms with Gasteiger partial charge in [-0.3, -0.25) is 4.68 Å². The van der Waals surface area contributed by atoms with Crippen molar-refractivity contribution in [3.63, 3.8) is 0 Å². The zero-order valence-corrected chi connectivity index (χ0v) is 12.4. The molecule has 4 nitrogen and oxygen atoms in total. The Morgan fingerprint density at radius 2 is 2.00 bits per heavy atom. The van der Waals surface area contributed by atoms with Crippen molar-refractivity contribution in [3.8, 4) is 0 Å². The highest BCUT2D eigenvalue weighted by atomic mass is 79.9. The van der Waals surface area contributed by atoms with Gasteiger partial charge in [0.1, 0.15) is 5.76 Å². The molecule has 3 aromatic rings. The third-order valence-electron chi connectivity index (χ3n) is 2.95. The molecular weight excluding hydrogens is 318 g/mol. The molecule has 0 atom stereocenters. The fourth-order valence-corrected chi connectivity index (χ4v) is 2.29. The van der Waals surface area contributed by atoms with Crippen molar-refractivity contribution in [2.45, 2.75) is 13.1 Å². The lowest BCUT2D eigenvalue weighted by Gasteiger charge is -2.06. The molecule has 0 radical (unpaired) electrons. The number of hydrogen-bond acceptors (Lipinski definition) is 3. The van der Waals surface area contributed by atoms with Crippen molar-refractivity contribution in [2.24, 2.45) is 0 Å². The van der Waals surface area contributed by atoms with Crippen LogP contribution in [0, 0.1) is 0 Å². The lowest BCUT2D eigenvalue weighted by Crippen LogP contribution is -2.01. The minimum atomic E-state index is 0.671. The Morgan fingerprint density at radius 3 is 2.65 bits per heavy atom. The van der Waals surface area contributed by atoms with Gasteiger partial charge in [0.05, 0.1) is 13.1 Å². The second-order valence-electron chi connectivity index (χ2n) is 4.46. The highest BCUT2D eigenvalue weighted by Gasteiger charge is 2.00. The summed E-state index contributed by atoms with van der Waals surface area (Å²) in [6.45, 7) is 1.46. The van der Waals surface area contributed by atoms with Gasteiger partial charge < -0.3 is 9.73 Å². The smallest absolute Gasteiger partial charge is 0.169 e. The summed E-state index contributed by atoms with van der Waals surface area (Å²) in [4.78, 5) is 0. The summed E-state index contributed by atoms with van der Waals surface area (Å²) in [7, 11) is 0. The number of nitrogens with zero attached hydrogens (tertiary/aromatic N) is 2. The van der Waals surface area contributed by atoms with Gasteiger partial charge in [0.2, 0.25) is 0 Å². The van der Waals surface area contributed by atoms with Crippen LogP contribution in [0.3, 0.4) is 0 Å². The first-order valence-electron chi connectivity index (χ1n) is 6.34. The van der Waals surface area contributed by atoms with Crippen LogP contribution in [0.4, 0.5) is 5.69 Å². The van der Waals surface area contributed by atoms with Crippen molar-refractivity contribution in [1.29, 1.82) is 0 Å². The number of anilines is 1. The Morgan fingerprint density at radius 1 is 1.15 bits per heavy atom. The van der Waals surface area contributed by atoms with E-state index in [0.717, 1.165) is 22.7 Å². The molecule has 0 fully saturated rings. The largest absolute Gasteiger partial charge is 0.452 e. The van der Waals surface area contributed by atoms with Gasteiger partial charge in [-0.25, -0.2) is 0 Å². The molecule has 2 aromatic heterocycles. The molecule has 0 unspecified atom stereocenters. The first kappa shape index (κ1) is 13.0. The average molecular weight is 332 g/mol. The lowest BCUT2D eigenvalue weighted by molar-refractivity contribution is 0.495. The Hall–Kier alpha value is -2.01. The Bertz CT molecular complexity index is 659. The van der Waals surface area contributed by atoms with Crippen molar-refractivity contribution < 1.29 is 4.42 Å². The number of furan rings is 1. The van der Waals surface area contributed by atoms with Crippen LogP contribution < -0.4 is 5.32 Å². The van der Waals surface area contributed by atoms with Gasteiger partial charge in [0.15, 0.2) is 4.67 Å². The zero-order chi connectivity index (χ0) is 13.8. The maximum absolute atomic E-state index is 5.44. The van der Waals surface area contributed by atoms with Crippen LogP contribution in [0.2, 0.25) is 0 Å². The fourth-order valence-electron chi connectivity index (χ4n) is 1.94. The molecule has 0 aliphatic carbocycles. The summed E-state index contributed by atoms with van der Waals surface area (Å²) < 4.78 is 8.10. The van der Waals surface area contributed by atoms with E-state index in [-0.39, 0.29) is 0 Å². The van der Waals surface area contributed by atoms with Crippen LogP contribution in [0.25, 0.3) is 0 Å². The maximum Gasteiger partial charge on any atom is 0.169 e. The second kappa shape index (κ2) is 5.96. The molecule has 2 heterocycles. The molecule has 20 heavy (non-hydrogen) atoms. The molecule has 5 heteroatoms. The second-order valence-corrected chi connectivity index (χ2v) is 5.24. The SMILES string of the molecule is Brc1ccc(CNc2ccc(Cn3cccn3)cc2)o1. The molecule has 0 saturated heterocycles. The minimum absolute atomic E-state index is 0.671. The quantitative estimate of drug-likeness (QED) is 0.771. The van der Waals surface area contributed by atoms with Crippen LogP contribution in [-0.4, -0.2) is 9.78 Å². The normalized spacial score (nSPS) is 10.7. The van der Waals surface area contributed by atoms with E-state index in [1.807, 2.05) is 29.1 Å². The van der Waals surface area contributed by atoms with Crippen molar-refractivity contribution >= 4 is 21.6 Å². The molecule has 102 valence electrons. The number of rotatable bonds is 5. The van der Waals surface area contributed by atoms with Gasteiger partial charge in [0.25, 0.3) is 0 Å². The standard InChI is InChI=1S/C15H14BrN3O/c16-15-7-6-14(20-15)10-17-13-4-2-12(3-5-13)11-19-9-1-8-18-19/h1-9,17H,10-11H2. The molecule has 3 rings (SSSR count). The molecule has 0 saturated carbocycles. The molecule has 0 amide bonds. The zero-order valence-electron chi connectivity index (χ0n) is 10.8. The lowest BCUT2D eigenvalue weighted by atomic mass is 10.2. The fraction of sp³-hybridized carbons (Fsp3) is 0.133. The van der Waals surface area contributed by atoms with E-state index in [1.54, 1.807) is 6.20 Å². The topological polar surface area (TPSA) is 43.0 Å². The summed E-state index contributed by atoms with van der Waals surface area (Å²) in [6.07, 6.45) is 3.75. The van der Waals surface area contributed by atoms with Gasteiger partial charge in [0, 0.05) is 18.1 Å². The summed E-state index contributed by atoms with van der Waals surface area (Å²) in [5, 5.41) is 7.52. The van der Waals surface area contributed by atoms with Crippen LogP contribution in [0.1, 0.15) is 11.3 Å². The van der Waals surface area contributed by atoms with Crippen LogP contribution in [0.15, 0.2) is 63.9 Å². The molecule has 1 N–H and O–H groups in total. The van der Waals surface area contributed by atoms with Crippen molar-refractivity contribution in [3.05, 3.63) is 70.9 Å². The summed E-state index contributed by atoms with van der Waals surface area (Å²) in [6, 6.07) is 14.1. The molecule has 0 spiro atoms. The molecular formula is C15H14BrN3O. The van der Waals surface area contributed by atoms with Gasteiger partial charge >= 0.3 is 0 Å². The van der Waals surface area contributed by atoms with Crippen molar-refractivity contribution in [2.75, 3.05) is 5.32 Å². The number of halogens is 1. The monoisotopic (exact) mass is 331 g/mol. The predicted octanol–water partition coefficient (Wildman–Crippen LogP) is 3.90. The van der Waals surface area contributed by atoms with E-state index in [9.17, 15) is 0 Å². The third kappa shape index (κ3) is 3.30. The van der Waals surface area contributed by atoms with Gasteiger partial charge in [-0.2, -0.15) is 5.10 Å². The number of nitrogens with one attached hydrogen (secondary N) is 1. The number of benzene rings is 1. The van der Waals surface area contributed by atoms with Gasteiger partial charge in [-0.15, -0.1) is 0 Å². The van der Waals surface area contributed by atoms with E-state index in [2.05, 4.69) is 50.6 Å². The Kier molecular flexibility index (Phi) is 3.87. The van der Waals surface area contributed by atoms with Crippen LogP contribution in [-0.2, 0) is 13.1 Å². The van der Waals surface area contributed by atoms with E-state index in [4.69, 9.17) is 4.42 Å². The number of aromatic nitrogens is 2. The first-order valence-corrected chi connectivity index (χ1v) is 7.13. The first-order chi connectivity index (χ1) is 9.79. The van der Waals surface area contributed by atoms with E-state index in [1.165, 1.54) is 5.56 Å². The van der Waals surface area contributed by atoms with Gasteiger partial charge in [-0.1, -0.05) is 12.1 Å². The molecule has 0 aliphatic heterocycles. The highest BCUT2D eigenvalue weighted by Crippen LogP contribution is 2.16. The summed E-state index contributed by atoms with van der Waals surface area (Å²) in [5.74, 6) is 0.900. The predicted molar refractivity (Wildman–Crippen MR) is 81.5 cm³/mol. The van der Waals surface area contributed by atoms with E-state index < -0.39 is 0 Å². The highest BCUT2D eigenvalue weighted by molar-refractivity contribution is 9.10. The summed E-state index contributed by atoms with van der Waals surface area (Å²) >= 11 is 3.29. The van der Waals surface area contributed by atoms with E-state index >= 15 is 0 Å². The third-order valence-corrected chi connectivity index (χ3v) is 3.38. The molecule has 0 bridgehead atoms. The van der Waals surface area contributed by atoms with Crippen molar-refractivity contribution in [1.82, 2.24) is 9.78 Å². The summed E-state index contributed by atoms with van der Waals surface area (Å²) in [5.41, 5.74) is 2.29. The molecule has 0 aliphatic rings. The minimum Gasteiger partial charge on any atom is -0.452 e. The Labute approximate surface area is 125 Å². The Balaban J connectivity index is 1.58. The molecule has 1 aromatic carbocycles. The van der Waals surface area contributed by atoms with E-state index in [0.29, 0.717) is 6.54 Å². The number of hydrogen-bond donors (Lipinski definition) is 1.